The lowest BCUT2D eigenvalue weighted by atomic mass is 10.0. The summed E-state index contributed by atoms with van der Waals surface area (Å²) in [5.74, 6) is -2.92. The summed E-state index contributed by atoms with van der Waals surface area (Å²) in [6.07, 6.45) is 3.49. The summed E-state index contributed by atoms with van der Waals surface area (Å²) in [5.41, 5.74) is 1.85. The number of anilines is 2. The molecule has 0 bridgehead atoms. The van der Waals surface area contributed by atoms with Crippen LogP contribution in [0.4, 0.5) is 38.5 Å². The Hall–Kier alpha value is -6.60. The van der Waals surface area contributed by atoms with Gasteiger partial charge in [0.15, 0.2) is 11.6 Å². The number of amides is 4. The number of methoxy groups -OCH3 is 2. The van der Waals surface area contributed by atoms with Gasteiger partial charge in [-0.3, -0.25) is 9.59 Å². The van der Waals surface area contributed by atoms with Crippen LogP contribution in [0, 0.1) is 29.2 Å². The average Bonchev–Trinajstić information content (AvgIpc) is 4.14. The van der Waals surface area contributed by atoms with Crippen LogP contribution in [-0.4, -0.2) is 107 Å². The molecule has 0 saturated carbocycles. The summed E-state index contributed by atoms with van der Waals surface area (Å²) < 4.78 is 75.3. The molecule has 0 radical (unpaired) electrons. The number of alkyl carbamates (subject to hydrolysis) is 2. The Bertz CT molecular complexity index is 2660. The van der Waals surface area contributed by atoms with Crippen LogP contribution in [0.3, 0.4) is 0 Å². The van der Waals surface area contributed by atoms with Crippen molar-refractivity contribution >= 4 is 57.4 Å². The third-order valence-corrected chi connectivity index (χ3v) is 13.3. The fraction of sp³-hybridized carbons (Fsp3) is 0.500. The van der Waals surface area contributed by atoms with Crippen molar-refractivity contribution in [2.75, 3.05) is 56.7 Å². The van der Waals surface area contributed by atoms with Crippen molar-refractivity contribution in [1.29, 1.82) is 0 Å². The highest BCUT2D eigenvalue weighted by Gasteiger charge is 2.40. The van der Waals surface area contributed by atoms with Gasteiger partial charge in [0, 0.05) is 43.0 Å². The number of halogens is 4. The van der Waals surface area contributed by atoms with Crippen LogP contribution in [0.1, 0.15) is 113 Å². The van der Waals surface area contributed by atoms with Crippen LogP contribution in [0.25, 0.3) is 22.1 Å². The lowest BCUT2D eigenvalue weighted by molar-refractivity contribution is -0.135. The first kappa shape index (κ1) is 47.9. The molecule has 8 rings (SSSR count). The van der Waals surface area contributed by atoms with Crippen molar-refractivity contribution in [3.63, 3.8) is 0 Å². The molecule has 3 fully saturated rings. The van der Waals surface area contributed by atoms with Crippen LogP contribution in [0.15, 0.2) is 36.4 Å². The zero-order valence-electron chi connectivity index (χ0n) is 38.9. The maximum atomic E-state index is 16.7. The van der Waals surface area contributed by atoms with Gasteiger partial charge in [-0.1, -0.05) is 20.8 Å². The number of carbonyl (C=O) groups excluding carboxylic acids is 4. The largest absolute Gasteiger partial charge is 0.453 e. The van der Waals surface area contributed by atoms with Gasteiger partial charge in [0.25, 0.3) is 0 Å². The molecule has 16 nitrogen and oxygen atoms in total. The van der Waals surface area contributed by atoms with E-state index in [1.165, 1.54) is 38.5 Å². The van der Waals surface area contributed by atoms with E-state index < -0.39 is 59.6 Å². The van der Waals surface area contributed by atoms with Crippen molar-refractivity contribution in [1.82, 2.24) is 40.4 Å². The minimum atomic E-state index is -0.871. The highest BCUT2D eigenvalue weighted by atomic mass is 19.1. The number of hydrogen-bond donors (Lipinski definition) is 4. The van der Waals surface area contributed by atoms with Crippen molar-refractivity contribution in [2.24, 2.45) is 5.92 Å². The number of rotatable bonds is 14. The Morgan fingerprint density at radius 1 is 0.765 bits per heavy atom. The number of nitrogens with one attached hydrogen (secondary N) is 4. The van der Waals surface area contributed by atoms with Gasteiger partial charge in [-0.05, 0) is 93.7 Å². The van der Waals surface area contributed by atoms with Crippen LogP contribution in [-0.2, 0) is 25.6 Å². The molecule has 4 amide bonds. The van der Waals surface area contributed by atoms with Gasteiger partial charge in [0.2, 0.25) is 11.8 Å². The van der Waals surface area contributed by atoms with Gasteiger partial charge in [-0.25, -0.2) is 37.1 Å². The first-order valence-corrected chi connectivity index (χ1v) is 23.3. The lowest BCUT2D eigenvalue weighted by Gasteiger charge is -2.35. The topological polar surface area (TPSA) is 181 Å². The molecule has 1 unspecified atom stereocenters. The maximum absolute atomic E-state index is 16.7. The Morgan fingerprint density at radius 2 is 1.38 bits per heavy atom. The molecule has 3 aliphatic heterocycles. The van der Waals surface area contributed by atoms with E-state index in [2.05, 4.69) is 25.3 Å². The second-order valence-electron chi connectivity index (χ2n) is 18.1. The second-order valence-corrected chi connectivity index (χ2v) is 18.1. The van der Waals surface area contributed by atoms with Gasteiger partial charge >= 0.3 is 12.2 Å². The molecule has 3 aliphatic rings. The van der Waals surface area contributed by atoms with E-state index in [4.69, 9.17) is 14.7 Å². The number of carbonyl (C=O) groups is 4. The first-order valence-electron chi connectivity index (χ1n) is 23.3. The normalized spacial score (nSPS) is 19.0. The molecule has 4 N–H and O–H groups in total. The molecular formula is C48H58F4N10O6. The highest BCUT2D eigenvalue weighted by Crippen LogP contribution is 2.50. The number of aromatic amines is 2. The van der Waals surface area contributed by atoms with Crippen LogP contribution >= 0.6 is 0 Å². The molecule has 3 saturated heterocycles. The van der Waals surface area contributed by atoms with Gasteiger partial charge in [0.05, 0.1) is 61.0 Å². The Morgan fingerprint density at radius 3 is 1.99 bits per heavy atom. The van der Waals surface area contributed by atoms with Crippen molar-refractivity contribution in [2.45, 2.75) is 103 Å². The molecule has 5 heterocycles. The molecule has 2 aromatic heterocycles. The number of nitrogens with zero attached hydrogens (tertiary/aromatic N) is 6. The van der Waals surface area contributed by atoms with E-state index >= 15 is 17.6 Å². The monoisotopic (exact) mass is 946 g/mol. The predicted octanol–water partition coefficient (Wildman–Crippen LogP) is 8.21. The van der Waals surface area contributed by atoms with Crippen LogP contribution in [0.5, 0.6) is 0 Å². The van der Waals surface area contributed by atoms with E-state index in [0.29, 0.717) is 79.2 Å². The second kappa shape index (κ2) is 20.3. The number of aromatic nitrogens is 4. The fourth-order valence-corrected chi connectivity index (χ4v) is 10.1. The zero-order valence-corrected chi connectivity index (χ0v) is 38.9. The minimum Gasteiger partial charge on any atom is -0.453 e. The number of benzene rings is 3. The van der Waals surface area contributed by atoms with E-state index in [9.17, 15) is 19.2 Å². The third kappa shape index (κ3) is 9.72. The Kier molecular flexibility index (Phi) is 14.3. The summed E-state index contributed by atoms with van der Waals surface area (Å²) in [6.45, 7) is 7.07. The SMILES string of the molecule is CCCN(Cc1nc2cc([C@H]3CC[C@@H](c4cc5nc([C@@H]6CCCN6C(=O)CNC(=O)OC)[nH]c5cc4F)N3c3cc(F)c(N4CCCCC4)c(F)c3)c(F)cc2[nH]1)C(=O)C(NC(=O)OC)C(C)C. The molecular weight excluding hydrogens is 889 g/mol. The quantitative estimate of drug-likeness (QED) is 0.0793. The van der Waals surface area contributed by atoms with Crippen molar-refractivity contribution in [3.8, 4) is 0 Å². The lowest BCUT2D eigenvalue weighted by Crippen LogP contribution is -2.51. The number of piperidine rings is 1. The first-order chi connectivity index (χ1) is 32.7. The van der Waals surface area contributed by atoms with Crippen molar-refractivity contribution in [3.05, 3.63) is 82.4 Å². The fourth-order valence-electron chi connectivity index (χ4n) is 10.1. The Labute approximate surface area is 391 Å². The van der Waals surface area contributed by atoms with Gasteiger partial charge < -0.3 is 49.7 Å². The minimum absolute atomic E-state index is 0.0300. The maximum Gasteiger partial charge on any atom is 0.407 e. The summed E-state index contributed by atoms with van der Waals surface area (Å²) in [5, 5.41) is 5.03. The summed E-state index contributed by atoms with van der Waals surface area (Å²) >= 11 is 0. The molecule has 0 spiro atoms. The van der Waals surface area contributed by atoms with Gasteiger partial charge in [-0.15, -0.1) is 0 Å². The van der Waals surface area contributed by atoms with Crippen LogP contribution < -0.4 is 20.4 Å². The summed E-state index contributed by atoms with van der Waals surface area (Å²) in [7, 11) is 2.42. The number of ether oxygens (including phenoxy) is 2. The molecule has 0 aliphatic carbocycles. The number of fused-ring (bicyclic) bond motifs is 2. The van der Waals surface area contributed by atoms with E-state index in [-0.39, 0.29) is 66.2 Å². The average molecular weight is 947 g/mol. The number of hydrogen-bond acceptors (Lipinski definition) is 10. The Balaban J connectivity index is 1.14. The third-order valence-electron chi connectivity index (χ3n) is 13.3. The van der Waals surface area contributed by atoms with Crippen LogP contribution in [0.2, 0.25) is 0 Å². The summed E-state index contributed by atoms with van der Waals surface area (Å²) in [4.78, 5) is 73.1. The zero-order chi connectivity index (χ0) is 48.4. The van der Waals surface area contributed by atoms with Gasteiger partial charge in [0.1, 0.15) is 41.6 Å². The van der Waals surface area contributed by atoms with Gasteiger partial charge in [-0.2, -0.15) is 0 Å². The smallest absolute Gasteiger partial charge is 0.407 e. The van der Waals surface area contributed by atoms with Crippen molar-refractivity contribution < 1.29 is 46.2 Å². The number of likely N-dealkylation sites (tertiary alicyclic amines) is 1. The standard InChI is InChI=1S/C48H58F4N10O6/c1-6-14-60(46(64)43(26(2)3)58-48(66)68-5)25-41-54-34-20-28(30(49)22-36(34)55-41)38-12-13-39(62(38)27-18-32(51)44(33(52)19-27)59-15-8-7-9-16-59)29-21-35-37(23-31(29)50)57-45(56-35)40-11-10-17-61(40)42(63)24-53-47(65)67-4/h18-23,26,38-40,43H,6-17,24-25H2,1-5H3,(H,53,65)(H,54,55)(H,56,57)(H,58,66)/t38-,39+,40+,43?/m1/s1. The van der Waals surface area contributed by atoms with E-state index in [0.717, 1.165) is 19.3 Å². The molecule has 364 valence electrons. The molecule has 3 aromatic carbocycles. The molecule has 4 atom stereocenters. The molecule has 20 heteroatoms. The number of H-pyrrole nitrogens is 2. The molecule has 5 aromatic rings. The van der Waals surface area contributed by atoms with E-state index in [1.807, 2.05) is 20.8 Å². The highest BCUT2D eigenvalue weighted by molar-refractivity contribution is 5.86. The summed E-state index contributed by atoms with van der Waals surface area (Å²) in [6, 6.07) is 5.27. The van der Waals surface area contributed by atoms with E-state index in [1.54, 1.807) is 31.7 Å². The number of imidazole rings is 2. The predicted molar refractivity (Wildman–Crippen MR) is 246 cm³/mol. The molecule has 68 heavy (non-hydrogen) atoms.